The zero-order valence-corrected chi connectivity index (χ0v) is 8.87. The van der Waals surface area contributed by atoms with E-state index in [2.05, 4.69) is 18.9 Å². The molecule has 2 aliphatic carbocycles. The topological polar surface area (TPSA) is 29.3 Å². The molecule has 2 N–H and O–H groups in total. The smallest absolute Gasteiger partial charge is 0.0196 e. The summed E-state index contributed by atoms with van der Waals surface area (Å²) in [6.07, 6.45) is 5.61. The van der Waals surface area contributed by atoms with Crippen molar-refractivity contribution < 1.29 is 0 Å². The van der Waals surface area contributed by atoms with Gasteiger partial charge in [0.1, 0.15) is 0 Å². The summed E-state index contributed by atoms with van der Waals surface area (Å²) in [7, 11) is 2.23. The van der Waals surface area contributed by atoms with Crippen LogP contribution >= 0.6 is 0 Å². The number of rotatable bonds is 5. The van der Waals surface area contributed by atoms with Gasteiger partial charge in [-0.15, -0.1) is 0 Å². The molecule has 2 rings (SSSR count). The first-order chi connectivity index (χ1) is 6.18. The number of hydrogen-bond donors (Lipinski definition) is 1. The van der Waals surface area contributed by atoms with Crippen LogP contribution in [0, 0.1) is 11.8 Å². The first-order valence-corrected chi connectivity index (χ1v) is 5.64. The van der Waals surface area contributed by atoms with Crippen molar-refractivity contribution in [2.75, 3.05) is 13.6 Å². The van der Waals surface area contributed by atoms with E-state index in [-0.39, 0.29) is 0 Å². The van der Waals surface area contributed by atoms with Gasteiger partial charge in [0.15, 0.2) is 0 Å². The molecule has 0 spiro atoms. The average molecular weight is 182 g/mol. The summed E-state index contributed by atoms with van der Waals surface area (Å²) in [5, 5.41) is 0. The third-order valence-corrected chi connectivity index (χ3v) is 3.73. The number of hydrogen-bond acceptors (Lipinski definition) is 2. The van der Waals surface area contributed by atoms with E-state index in [1.807, 2.05) is 0 Å². The van der Waals surface area contributed by atoms with Gasteiger partial charge in [0.25, 0.3) is 0 Å². The molecular weight excluding hydrogens is 160 g/mol. The Bertz CT molecular complexity index is 173. The van der Waals surface area contributed by atoms with Crippen LogP contribution in [0.2, 0.25) is 0 Å². The Morgan fingerprint density at radius 1 is 1.23 bits per heavy atom. The van der Waals surface area contributed by atoms with Gasteiger partial charge in [0, 0.05) is 18.6 Å². The SMILES string of the molecule is CC(C1CC1)N(C)CC(N)C1CC1. The van der Waals surface area contributed by atoms with Gasteiger partial charge in [0.05, 0.1) is 0 Å². The molecule has 0 heterocycles. The highest BCUT2D eigenvalue weighted by molar-refractivity contribution is 4.89. The summed E-state index contributed by atoms with van der Waals surface area (Å²) in [4.78, 5) is 2.46. The van der Waals surface area contributed by atoms with Crippen molar-refractivity contribution in [3.05, 3.63) is 0 Å². The number of nitrogens with two attached hydrogens (primary N) is 1. The molecule has 0 aromatic carbocycles. The minimum atomic E-state index is 0.436. The zero-order chi connectivity index (χ0) is 9.42. The molecule has 0 saturated heterocycles. The van der Waals surface area contributed by atoms with E-state index >= 15 is 0 Å². The van der Waals surface area contributed by atoms with E-state index in [4.69, 9.17) is 5.73 Å². The maximum Gasteiger partial charge on any atom is 0.0196 e. The largest absolute Gasteiger partial charge is 0.326 e. The van der Waals surface area contributed by atoms with E-state index in [1.165, 1.54) is 25.7 Å². The Morgan fingerprint density at radius 2 is 1.77 bits per heavy atom. The van der Waals surface area contributed by atoms with Gasteiger partial charge in [-0.1, -0.05) is 0 Å². The van der Waals surface area contributed by atoms with Crippen molar-refractivity contribution in [2.24, 2.45) is 17.6 Å². The highest BCUT2D eigenvalue weighted by Gasteiger charge is 2.33. The summed E-state index contributed by atoms with van der Waals surface area (Å²) in [5.41, 5.74) is 6.10. The molecule has 2 aliphatic rings. The quantitative estimate of drug-likeness (QED) is 0.697. The van der Waals surface area contributed by atoms with Crippen LogP contribution in [-0.2, 0) is 0 Å². The fourth-order valence-electron chi connectivity index (χ4n) is 2.11. The summed E-state index contributed by atoms with van der Waals surface area (Å²) in [5.74, 6) is 1.81. The highest BCUT2D eigenvalue weighted by atomic mass is 15.1. The minimum absolute atomic E-state index is 0.436. The van der Waals surface area contributed by atoms with Crippen molar-refractivity contribution in [2.45, 2.75) is 44.7 Å². The molecule has 2 heteroatoms. The van der Waals surface area contributed by atoms with E-state index in [0.29, 0.717) is 6.04 Å². The lowest BCUT2D eigenvalue weighted by atomic mass is 10.1. The zero-order valence-electron chi connectivity index (χ0n) is 8.87. The molecular formula is C11H22N2. The van der Waals surface area contributed by atoms with Crippen LogP contribution < -0.4 is 5.73 Å². The lowest BCUT2D eigenvalue weighted by molar-refractivity contribution is 0.215. The second kappa shape index (κ2) is 3.58. The lowest BCUT2D eigenvalue weighted by Crippen LogP contribution is -2.41. The van der Waals surface area contributed by atoms with Crippen LogP contribution in [0.5, 0.6) is 0 Å². The van der Waals surface area contributed by atoms with Gasteiger partial charge in [-0.05, 0) is 51.5 Å². The molecule has 2 nitrogen and oxygen atoms in total. The van der Waals surface area contributed by atoms with Crippen molar-refractivity contribution >= 4 is 0 Å². The maximum atomic E-state index is 6.10. The van der Waals surface area contributed by atoms with Crippen LogP contribution in [0.4, 0.5) is 0 Å². The van der Waals surface area contributed by atoms with Crippen molar-refractivity contribution in [3.8, 4) is 0 Å². The summed E-state index contributed by atoms with van der Waals surface area (Å²) in [6, 6.07) is 1.19. The lowest BCUT2D eigenvalue weighted by Gasteiger charge is -2.27. The van der Waals surface area contributed by atoms with E-state index in [1.54, 1.807) is 0 Å². The molecule has 13 heavy (non-hydrogen) atoms. The third-order valence-electron chi connectivity index (χ3n) is 3.73. The maximum absolute atomic E-state index is 6.10. The first-order valence-electron chi connectivity index (χ1n) is 5.64. The molecule has 0 bridgehead atoms. The minimum Gasteiger partial charge on any atom is -0.326 e. The van der Waals surface area contributed by atoms with Gasteiger partial charge < -0.3 is 10.6 Å². The van der Waals surface area contributed by atoms with Crippen LogP contribution in [0.3, 0.4) is 0 Å². The molecule has 2 atom stereocenters. The number of nitrogens with zero attached hydrogens (tertiary/aromatic N) is 1. The molecule has 0 aromatic heterocycles. The van der Waals surface area contributed by atoms with Gasteiger partial charge in [-0.3, -0.25) is 0 Å². The van der Waals surface area contributed by atoms with E-state index in [9.17, 15) is 0 Å². The Balaban J connectivity index is 1.72. The summed E-state index contributed by atoms with van der Waals surface area (Å²) >= 11 is 0. The Morgan fingerprint density at radius 3 is 2.23 bits per heavy atom. The highest BCUT2D eigenvalue weighted by Crippen LogP contribution is 2.36. The molecule has 2 saturated carbocycles. The first kappa shape index (κ1) is 9.47. The van der Waals surface area contributed by atoms with Crippen molar-refractivity contribution in [1.29, 1.82) is 0 Å². The second-order valence-electron chi connectivity index (χ2n) is 5.02. The normalized spacial score (nSPS) is 27.7. The third kappa shape index (κ3) is 2.44. The predicted molar refractivity (Wildman–Crippen MR) is 55.5 cm³/mol. The number of likely N-dealkylation sites (N-methyl/N-ethyl adjacent to an activating group) is 1. The van der Waals surface area contributed by atoms with Crippen LogP contribution in [0.25, 0.3) is 0 Å². The molecule has 2 unspecified atom stereocenters. The van der Waals surface area contributed by atoms with Gasteiger partial charge in [0.2, 0.25) is 0 Å². The Labute approximate surface area is 81.5 Å². The van der Waals surface area contributed by atoms with E-state index in [0.717, 1.165) is 24.4 Å². The predicted octanol–water partition coefficient (Wildman–Crippen LogP) is 1.45. The fourth-order valence-corrected chi connectivity index (χ4v) is 2.11. The molecule has 0 aliphatic heterocycles. The standard InChI is InChI=1S/C11H22N2/c1-8(9-3-4-9)13(2)7-11(12)10-5-6-10/h8-11H,3-7,12H2,1-2H3. The average Bonchev–Trinajstić information content (AvgIpc) is 2.92. The van der Waals surface area contributed by atoms with Crippen molar-refractivity contribution in [3.63, 3.8) is 0 Å². The molecule has 2 fully saturated rings. The second-order valence-corrected chi connectivity index (χ2v) is 5.02. The molecule has 0 radical (unpaired) electrons. The Kier molecular flexibility index (Phi) is 2.61. The van der Waals surface area contributed by atoms with Crippen LogP contribution in [0.15, 0.2) is 0 Å². The molecule has 0 aromatic rings. The Hall–Kier alpha value is -0.0800. The van der Waals surface area contributed by atoms with Gasteiger partial charge >= 0.3 is 0 Å². The van der Waals surface area contributed by atoms with Crippen LogP contribution in [-0.4, -0.2) is 30.6 Å². The van der Waals surface area contributed by atoms with Gasteiger partial charge in [-0.25, -0.2) is 0 Å². The fraction of sp³-hybridized carbons (Fsp3) is 1.00. The monoisotopic (exact) mass is 182 g/mol. The summed E-state index contributed by atoms with van der Waals surface area (Å²) < 4.78 is 0. The van der Waals surface area contributed by atoms with Crippen molar-refractivity contribution in [1.82, 2.24) is 4.90 Å². The summed E-state index contributed by atoms with van der Waals surface area (Å²) in [6.45, 7) is 3.44. The van der Waals surface area contributed by atoms with Gasteiger partial charge in [-0.2, -0.15) is 0 Å². The van der Waals surface area contributed by atoms with E-state index < -0.39 is 0 Å². The van der Waals surface area contributed by atoms with Crippen LogP contribution in [0.1, 0.15) is 32.6 Å². The molecule has 76 valence electrons. The molecule has 0 amide bonds.